The van der Waals surface area contributed by atoms with E-state index in [-0.39, 0.29) is 18.0 Å². The molecule has 1 saturated heterocycles. The predicted molar refractivity (Wildman–Crippen MR) is 140 cm³/mol. The first kappa shape index (κ1) is 27.2. The van der Waals surface area contributed by atoms with Crippen LogP contribution in [0.15, 0.2) is 28.3 Å². The van der Waals surface area contributed by atoms with Gasteiger partial charge in [-0.1, -0.05) is 13.0 Å². The van der Waals surface area contributed by atoms with Crippen LogP contribution in [0, 0.1) is 0 Å². The molecule has 4 heterocycles. The number of aromatic nitrogens is 1. The van der Waals surface area contributed by atoms with Crippen molar-refractivity contribution in [2.75, 3.05) is 52.9 Å². The van der Waals surface area contributed by atoms with Crippen LogP contribution >= 0.6 is 0 Å². The van der Waals surface area contributed by atoms with E-state index in [0.29, 0.717) is 44.3 Å². The average molecular weight is 501 g/mol. The lowest BCUT2D eigenvalue weighted by Gasteiger charge is -2.27. The van der Waals surface area contributed by atoms with Gasteiger partial charge in [0.05, 0.1) is 19.0 Å². The summed E-state index contributed by atoms with van der Waals surface area (Å²) in [6.45, 7) is 9.68. The Hall–Kier alpha value is -3.37. The average Bonchev–Trinajstić information content (AvgIpc) is 3.26. The number of guanidine groups is 1. The molecule has 0 radical (unpaired) electrons. The molecule has 11 nitrogen and oxygen atoms in total. The number of carbonyl (C=O) groups is 2. The largest absolute Gasteiger partial charge is 0.481 e. The van der Waals surface area contributed by atoms with Crippen LogP contribution in [0.2, 0.25) is 0 Å². The number of methoxy groups -OCH3 is 1. The van der Waals surface area contributed by atoms with Gasteiger partial charge in [-0.05, 0) is 38.2 Å². The predicted octanol–water partition coefficient (Wildman–Crippen LogP) is 1.92. The first-order valence-electron chi connectivity index (χ1n) is 12.9. The Morgan fingerprint density at radius 1 is 1.17 bits per heavy atom. The number of hydrogen-bond acceptors (Lipinski definition) is 8. The summed E-state index contributed by atoms with van der Waals surface area (Å²) < 4.78 is 5.11. The molecule has 36 heavy (non-hydrogen) atoms. The quantitative estimate of drug-likeness (QED) is 0.501. The molecule has 0 bridgehead atoms. The Labute approximate surface area is 213 Å². The minimum absolute atomic E-state index is 0.00964. The standard InChI is InChI=1S/C20H30N6O3.C5H10N2/c1-3-16(15-7-8-18(29-2)23-14-15)26-13-12-25(20(26)28)11-4-6-17(27)24-19-21-9-5-10-22-19;1-5-6-3-2-4-7-5/h7-8,14,16H,3-6,9-13H2,1-2H3,(H2,21,22,24,27);2-4H2,1H3,(H,6,7). The SMILES string of the molecule is CC1=NCCCN1.CCC(c1ccc(OC)nc1)N1CCN(CCCC(=O)NC2=NCCCN2)C1=O. The monoisotopic (exact) mass is 500 g/mol. The van der Waals surface area contributed by atoms with Gasteiger partial charge < -0.3 is 25.2 Å². The zero-order chi connectivity index (χ0) is 25.8. The van der Waals surface area contributed by atoms with Crippen LogP contribution in [0.25, 0.3) is 0 Å². The number of nitrogens with one attached hydrogen (secondary N) is 3. The fraction of sp³-hybridized carbons (Fsp3) is 0.640. The second-order valence-corrected chi connectivity index (χ2v) is 8.93. The molecule has 11 heteroatoms. The summed E-state index contributed by atoms with van der Waals surface area (Å²) in [5.41, 5.74) is 1.00. The van der Waals surface area contributed by atoms with Gasteiger partial charge in [-0.2, -0.15) is 0 Å². The molecule has 1 fully saturated rings. The molecule has 1 aromatic heterocycles. The molecule has 3 N–H and O–H groups in total. The van der Waals surface area contributed by atoms with Gasteiger partial charge in [-0.3, -0.25) is 20.1 Å². The zero-order valence-corrected chi connectivity index (χ0v) is 21.8. The number of nitrogens with zero attached hydrogens (tertiary/aromatic N) is 5. The number of urea groups is 1. The summed E-state index contributed by atoms with van der Waals surface area (Å²) >= 11 is 0. The second kappa shape index (κ2) is 14.3. The highest BCUT2D eigenvalue weighted by atomic mass is 16.5. The lowest BCUT2D eigenvalue weighted by molar-refractivity contribution is -0.119. The van der Waals surface area contributed by atoms with Gasteiger partial charge in [-0.25, -0.2) is 9.78 Å². The molecule has 0 saturated carbocycles. The molecule has 4 rings (SSSR count). The molecule has 0 spiro atoms. The maximum absolute atomic E-state index is 12.9. The molecule has 198 valence electrons. The second-order valence-electron chi connectivity index (χ2n) is 8.93. The highest BCUT2D eigenvalue weighted by molar-refractivity contribution is 5.97. The summed E-state index contributed by atoms with van der Waals surface area (Å²) in [4.78, 5) is 41.3. The van der Waals surface area contributed by atoms with E-state index in [2.05, 4.69) is 37.8 Å². The van der Waals surface area contributed by atoms with Crippen molar-refractivity contribution >= 4 is 23.7 Å². The van der Waals surface area contributed by atoms with Crippen molar-refractivity contribution in [1.29, 1.82) is 0 Å². The van der Waals surface area contributed by atoms with Gasteiger partial charge in [0.2, 0.25) is 11.8 Å². The maximum atomic E-state index is 12.9. The molecule has 3 aliphatic heterocycles. The van der Waals surface area contributed by atoms with Crippen molar-refractivity contribution in [3.8, 4) is 5.88 Å². The number of ether oxygens (including phenoxy) is 1. The fourth-order valence-electron chi connectivity index (χ4n) is 4.34. The van der Waals surface area contributed by atoms with Crippen molar-refractivity contribution < 1.29 is 14.3 Å². The van der Waals surface area contributed by atoms with E-state index in [1.54, 1.807) is 13.3 Å². The van der Waals surface area contributed by atoms with Gasteiger partial charge in [0.1, 0.15) is 0 Å². The number of rotatable bonds is 8. The van der Waals surface area contributed by atoms with Crippen LogP contribution in [0.1, 0.15) is 57.6 Å². The summed E-state index contributed by atoms with van der Waals surface area (Å²) in [6, 6.07) is 3.79. The topological polar surface area (TPSA) is 124 Å². The van der Waals surface area contributed by atoms with E-state index < -0.39 is 0 Å². The number of amides is 3. The third-order valence-corrected chi connectivity index (χ3v) is 6.29. The lowest BCUT2D eigenvalue weighted by Crippen LogP contribution is -2.43. The Morgan fingerprint density at radius 2 is 1.94 bits per heavy atom. The number of hydrogen-bond donors (Lipinski definition) is 3. The number of pyridine rings is 1. The Bertz CT molecular complexity index is 918. The summed E-state index contributed by atoms with van der Waals surface area (Å²) in [7, 11) is 1.58. The summed E-state index contributed by atoms with van der Waals surface area (Å²) in [5.74, 6) is 2.14. The molecule has 0 aromatic carbocycles. The number of carbonyl (C=O) groups excluding carboxylic acids is 2. The van der Waals surface area contributed by atoms with Crippen LogP contribution in [-0.2, 0) is 4.79 Å². The first-order valence-corrected chi connectivity index (χ1v) is 12.9. The summed E-state index contributed by atoms with van der Waals surface area (Å²) in [5, 5.41) is 8.99. The highest BCUT2D eigenvalue weighted by Gasteiger charge is 2.33. The lowest BCUT2D eigenvalue weighted by atomic mass is 10.1. The molecule has 0 aliphatic carbocycles. The van der Waals surface area contributed by atoms with Crippen LogP contribution in [0.3, 0.4) is 0 Å². The molecular weight excluding hydrogens is 460 g/mol. The summed E-state index contributed by atoms with van der Waals surface area (Å²) in [6.07, 6.45) is 5.75. The van der Waals surface area contributed by atoms with Crippen LogP contribution in [-0.4, -0.2) is 91.4 Å². The fourth-order valence-corrected chi connectivity index (χ4v) is 4.34. The molecule has 1 aromatic rings. The van der Waals surface area contributed by atoms with E-state index in [4.69, 9.17) is 4.74 Å². The minimum Gasteiger partial charge on any atom is -0.481 e. The Balaban J connectivity index is 0.000000444. The maximum Gasteiger partial charge on any atom is 0.320 e. The minimum atomic E-state index is -0.0719. The normalized spacial score (nSPS) is 18.1. The molecular formula is C25H40N8O3. The molecule has 1 unspecified atom stereocenters. The van der Waals surface area contributed by atoms with Crippen molar-refractivity contribution in [1.82, 2.24) is 30.7 Å². The van der Waals surface area contributed by atoms with E-state index in [9.17, 15) is 9.59 Å². The van der Waals surface area contributed by atoms with Crippen molar-refractivity contribution in [3.63, 3.8) is 0 Å². The van der Waals surface area contributed by atoms with Crippen LogP contribution in [0.4, 0.5) is 4.79 Å². The van der Waals surface area contributed by atoms with Gasteiger partial charge in [0.25, 0.3) is 0 Å². The van der Waals surface area contributed by atoms with Crippen molar-refractivity contribution in [3.05, 3.63) is 23.9 Å². The van der Waals surface area contributed by atoms with E-state index >= 15 is 0 Å². The van der Waals surface area contributed by atoms with E-state index in [1.807, 2.05) is 28.9 Å². The van der Waals surface area contributed by atoms with Gasteiger partial charge in [0, 0.05) is 64.5 Å². The van der Waals surface area contributed by atoms with Crippen LogP contribution < -0.4 is 20.7 Å². The Kier molecular flexibility index (Phi) is 10.8. The highest BCUT2D eigenvalue weighted by Crippen LogP contribution is 2.28. The van der Waals surface area contributed by atoms with Crippen molar-refractivity contribution in [2.24, 2.45) is 9.98 Å². The van der Waals surface area contributed by atoms with Gasteiger partial charge in [-0.15, -0.1) is 0 Å². The van der Waals surface area contributed by atoms with Gasteiger partial charge in [0.15, 0.2) is 5.96 Å². The van der Waals surface area contributed by atoms with E-state index in [0.717, 1.165) is 50.4 Å². The third-order valence-electron chi connectivity index (χ3n) is 6.29. The number of aliphatic imine (C=N–C) groups is 2. The molecule has 3 amide bonds. The van der Waals surface area contributed by atoms with Gasteiger partial charge >= 0.3 is 6.03 Å². The van der Waals surface area contributed by atoms with Crippen LogP contribution in [0.5, 0.6) is 5.88 Å². The van der Waals surface area contributed by atoms with Crippen molar-refractivity contribution in [2.45, 2.75) is 52.0 Å². The Morgan fingerprint density at radius 3 is 2.50 bits per heavy atom. The third kappa shape index (κ3) is 8.10. The van der Waals surface area contributed by atoms with E-state index in [1.165, 1.54) is 6.42 Å². The smallest absolute Gasteiger partial charge is 0.320 e. The zero-order valence-electron chi connectivity index (χ0n) is 21.8. The first-order chi connectivity index (χ1) is 17.5. The molecule has 3 aliphatic rings. The molecule has 1 atom stereocenters. The number of amidine groups is 1.